The SMILES string of the molecule is COc1cc(OC)cc(C(=O)Nc2ccc(N3CCCC(C)C3)nc2)c1. The minimum Gasteiger partial charge on any atom is -0.497 e. The average molecular weight is 355 g/mol. The van der Waals surface area contributed by atoms with Crippen LogP contribution < -0.4 is 19.7 Å². The van der Waals surface area contributed by atoms with E-state index < -0.39 is 0 Å². The topological polar surface area (TPSA) is 63.7 Å². The lowest BCUT2D eigenvalue weighted by Crippen LogP contribution is -2.34. The lowest BCUT2D eigenvalue weighted by atomic mass is 10.0. The van der Waals surface area contributed by atoms with Crippen molar-refractivity contribution in [1.29, 1.82) is 0 Å². The van der Waals surface area contributed by atoms with E-state index in [0.717, 1.165) is 18.9 Å². The van der Waals surface area contributed by atoms with E-state index in [0.29, 0.717) is 28.7 Å². The summed E-state index contributed by atoms with van der Waals surface area (Å²) >= 11 is 0. The fourth-order valence-electron chi connectivity index (χ4n) is 3.19. The van der Waals surface area contributed by atoms with Gasteiger partial charge in [0.1, 0.15) is 17.3 Å². The summed E-state index contributed by atoms with van der Waals surface area (Å²) in [5, 5.41) is 2.87. The predicted molar refractivity (Wildman–Crippen MR) is 102 cm³/mol. The molecular formula is C20H25N3O3. The summed E-state index contributed by atoms with van der Waals surface area (Å²) in [6, 6.07) is 8.92. The van der Waals surface area contributed by atoms with Gasteiger partial charge in [0.25, 0.3) is 5.91 Å². The summed E-state index contributed by atoms with van der Waals surface area (Å²) in [4.78, 5) is 19.3. The lowest BCUT2D eigenvalue weighted by molar-refractivity contribution is 0.102. The second kappa shape index (κ2) is 8.08. The molecule has 1 unspecified atom stereocenters. The number of rotatable bonds is 5. The Morgan fingerprint density at radius 1 is 1.19 bits per heavy atom. The van der Waals surface area contributed by atoms with Crippen molar-refractivity contribution >= 4 is 17.4 Å². The third-order valence-electron chi connectivity index (χ3n) is 4.60. The van der Waals surface area contributed by atoms with Crippen molar-refractivity contribution in [3.63, 3.8) is 0 Å². The summed E-state index contributed by atoms with van der Waals surface area (Å²) in [5.41, 5.74) is 1.13. The van der Waals surface area contributed by atoms with Crippen LogP contribution in [0.1, 0.15) is 30.1 Å². The van der Waals surface area contributed by atoms with E-state index >= 15 is 0 Å². The van der Waals surface area contributed by atoms with Crippen LogP contribution in [0.25, 0.3) is 0 Å². The number of anilines is 2. The summed E-state index contributed by atoms with van der Waals surface area (Å²) in [6.07, 6.45) is 4.16. The number of nitrogens with one attached hydrogen (secondary N) is 1. The second-order valence-corrected chi connectivity index (χ2v) is 6.65. The zero-order valence-electron chi connectivity index (χ0n) is 15.5. The van der Waals surface area contributed by atoms with Crippen molar-refractivity contribution in [2.75, 3.05) is 37.5 Å². The maximum atomic E-state index is 12.5. The van der Waals surface area contributed by atoms with Crippen LogP contribution in [0.4, 0.5) is 11.5 Å². The zero-order chi connectivity index (χ0) is 18.5. The maximum Gasteiger partial charge on any atom is 0.255 e. The molecule has 1 amide bonds. The number of piperidine rings is 1. The second-order valence-electron chi connectivity index (χ2n) is 6.65. The van der Waals surface area contributed by atoms with E-state index in [1.807, 2.05) is 12.1 Å². The summed E-state index contributed by atoms with van der Waals surface area (Å²) in [6.45, 7) is 4.33. The van der Waals surface area contributed by atoms with Gasteiger partial charge in [-0.1, -0.05) is 6.92 Å². The number of benzene rings is 1. The number of pyridine rings is 1. The van der Waals surface area contributed by atoms with Gasteiger partial charge in [-0.3, -0.25) is 4.79 Å². The molecule has 138 valence electrons. The van der Waals surface area contributed by atoms with Crippen LogP contribution in [0.3, 0.4) is 0 Å². The van der Waals surface area contributed by atoms with E-state index in [2.05, 4.69) is 22.1 Å². The molecule has 0 saturated carbocycles. The third kappa shape index (κ3) is 4.25. The van der Waals surface area contributed by atoms with Crippen LogP contribution in [-0.4, -0.2) is 38.2 Å². The fraction of sp³-hybridized carbons (Fsp3) is 0.400. The highest BCUT2D eigenvalue weighted by Crippen LogP contribution is 2.24. The van der Waals surface area contributed by atoms with Gasteiger partial charge in [0, 0.05) is 24.7 Å². The van der Waals surface area contributed by atoms with Gasteiger partial charge < -0.3 is 19.7 Å². The molecule has 1 aromatic carbocycles. The number of carbonyl (C=O) groups is 1. The van der Waals surface area contributed by atoms with Gasteiger partial charge >= 0.3 is 0 Å². The summed E-state index contributed by atoms with van der Waals surface area (Å²) < 4.78 is 10.4. The van der Waals surface area contributed by atoms with Gasteiger partial charge in [-0.15, -0.1) is 0 Å². The molecule has 2 aromatic rings. The molecule has 0 aliphatic carbocycles. The first-order chi connectivity index (χ1) is 12.6. The molecule has 0 bridgehead atoms. The molecular weight excluding hydrogens is 330 g/mol. The Morgan fingerprint density at radius 3 is 2.50 bits per heavy atom. The van der Waals surface area contributed by atoms with Crippen molar-refractivity contribution in [3.8, 4) is 11.5 Å². The molecule has 6 heteroatoms. The van der Waals surface area contributed by atoms with Crippen LogP contribution in [0.15, 0.2) is 36.5 Å². The molecule has 0 spiro atoms. The molecule has 1 N–H and O–H groups in total. The van der Waals surface area contributed by atoms with Crippen molar-refractivity contribution in [2.45, 2.75) is 19.8 Å². The van der Waals surface area contributed by atoms with Gasteiger partial charge in [0.05, 0.1) is 26.1 Å². The van der Waals surface area contributed by atoms with Crippen LogP contribution in [0, 0.1) is 5.92 Å². The monoisotopic (exact) mass is 355 g/mol. The smallest absolute Gasteiger partial charge is 0.255 e. The zero-order valence-corrected chi connectivity index (χ0v) is 15.5. The molecule has 1 atom stereocenters. The van der Waals surface area contributed by atoms with Crippen LogP contribution in [-0.2, 0) is 0 Å². The predicted octanol–water partition coefficient (Wildman–Crippen LogP) is 3.59. The van der Waals surface area contributed by atoms with Crippen molar-refractivity contribution < 1.29 is 14.3 Å². The highest BCUT2D eigenvalue weighted by atomic mass is 16.5. The van der Waals surface area contributed by atoms with Gasteiger partial charge in [0.2, 0.25) is 0 Å². The average Bonchev–Trinajstić information content (AvgIpc) is 2.68. The van der Waals surface area contributed by atoms with E-state index in [4.69, 9.17) is 9.47 Å². The third-order valence-corrected chi connectivity index (χ3v) is 4.60. The van der Waals surface area contributed by atoms with Gasteiger partial charge in [-0.2, -0.15) is 0 Å². The number of carbonyl (C=O) groups excluding carboxylic acids is 1. The minimum atomic E-state index is -0.233. The number of ether oxygens (including phenoxy) is 2. The maximum absolute atomic E-state index is 12.5. The first-order valence-electron chi connectivity index (χ1n) is 8.84. The largest absolute Gasteiger partial charge is 0.497 e. The Balaban J connectivity index is 1.70. The molecule has 6 nitrogen and oxygen atoms in total. The van der Waals surface area contributed by atoms with E-state index in [1.165, 1.54) is 12.8 Å². The molecule has 1 fully saturated rings. The van der Waals surface area contributed by atoms with Gasteiger partial charge in [-0.25, -0.2) is 4.98 Å². The number of hydrogen-bond acceptors (Lipinski definition) is 5. The van der Waals surface area contributed by atoms with E-state index in [1.54, 1.807) is 38.6 Å². The van der Waals surface area contributed by atoms with Crippen molar-refractivity contribution in [3.05, 3.63) is 42.1 Å². The van der Waals surface area contributed by atoms with Gasteiger partial charge in [-0.05, 0) is 43.0 Å². The fourth-order valence-corrected chi connectivity index (χ4v) is 3.19. The number of methoxy groups -OCH3 is 2. The summed E-state index contributed by atoms with van der Waals surface area (Å²) in [7, 11) is 3.11. The molecule has 3 rings (SSSR count). The van der Waals surface area contributed by atoms with Crippen LogP contribution >= 0.6 is 0 Å². The van der Waals surface area contributed by atoms with Gasteiger partial charge in [0.15, 0.2) is 0 Å². The number of aromatic nitrogens is 1. The minimum absolute atomic E-state index is 0.233. The molecule has 1 aromatic heterocycles. The first kappa shape index (κ1) is 18.0. The number of amides is 1. The Hall–Kier alpha value is -2.76. The van der Waals surface area contributed by atoms with Crippen molar-refractivity contribution in [2.24, 2.45) is 5.92 Å². The van der Waals surface area contributed by atoms with E-state index in [-0.39, 0.29) is 5.91 Å². The quantitative estimate of drug-likeness (QED) is 0.888. The Bertz CT molecular complexity index is 739. The van der Waals surface area contributed by atoms with E-state index in [9.17, 15) is 4.79 Å². The van der Waals surface area contributed by atoms with Crippen molar-refractivity contribution in [1.82, 2.24) is 4.98 Å². The first-order valence-corrected chi connectivity index (χ1v) is 8.84. The molecule has 0 radical (unpaired) electrons. The highest BCUT2D eigenvalue weighted by Gasteiger charge is 2.17. The number of hydrogen-bond donors (Lipinski definition) is 1. The number of nitrogens with zero attached hydrogens (tertiary/aromatic N) is 2. The molecule has 26 heavy (non-hydrogen) atoms. The highest BCUT2D eigenvalue weighted by molar-refractivity contribution is 6.04. The Kier molecular flexibility index (Phi) is 5.61. The Labute approximate surface area is 154 Å². The lowest BCUT2D eigenvalue weighted by Gasteiger charge is -2.31. The molecule has 1 aliphatic rings. The van der Waals surface area contributed by atoms with Crippen LogP contribution in [0.2, 0.25) is 0 Å². The molecule has 2 heterocycles. The molecule has 1 aliphatic heterocycles. The summed E-state index contributed by atoms with van der Waals surface area (Å²) in [5.74, 6) is 2.55. The van der Waals surface area contributed by atoms with Crippen LogP contribution in [0.5, 0.6) is 11.5 Å². The molecule has 1 saturated heterocycles. The normalized spacial score (nSPS) is 16.9. The standard InChI is InChI=1S/C20H25N3O3/c1-14-5-4-8-23(13-14)19-7-6-16(12-21-19)22-20(24)15-9-17(25-2)11-18(10-15)26-3/h6-7,9-12,14H,4-5,8,13H2,1-3H3,(H,22,24). The Morgan fingerprint density at radius 2 is 1.92 bits per heavy atom.